The maximum Gasteiger partial charge on any atom is 0.328 e. The lowest BCUT2D eigenvalue weighted by Gasteiger charge is -2.07. The molecule has 0 spiro atoms. The molecule has 2 rings (SSSR count). The smallest absolute Gasteiger partial charge is 0.328 e. The molecule has 0 unspecified atom stereocenters. The highest BCUT2D eigenvalue weighted by Crippen LogP contribution is 2.23. The summed E-state index contributed by atoms with van der Waals surface area (Å²) in [7, 11) is 3.02. The molecule has 0 bridgehead atoms. The first kappa shape index (κ1) is 12.9. The number of carbonyl (C=O) groups is 1. The number of aromatic nitrogens is 2. The van der Waals surface area contributed by atoms with E-state index in [0.717, 1.165) is 0 Å². The normalized spacial score (nSPS) is 10.1. The average Bonchev–Trinajstić information content (AvgIpc) is 2.83. The summed E-state index contributed by atoms with van der Waals surface area (Å²) in [6.07, 6.45) is 0. The van der Waals surface area contributed by atoms with Gasteiger partial charge in [0.1, 0.15) is 11.5 Å². The molecule has 7 heteroatoms. The zero-order valence-corrected chi connectivity index (χ0v) is 10.8. The van der Waals surface area contributed by atoms with Gasteiger partial charge < -0.3 is 14.0 Å². The van der Waals surface area contributed by atoms with Crippen LogP contribution in [0.5, 0.6) is 11.5 Å². The van der Waals surface area contributed by atoms with Crippen LogP contribution in [0.1, 0.15) is 16.2 Å². The van der Waals surface area contributed by atoms with Gasteiger partial charge in [-0.2, -0.15) is 4.98 Å². The fraction of sp³-hybridized carbons (Fsp3) is 0.250. The van der Waals surface area contributed by atoms with E-state index in [1.54, 1.807) is 25.1 Å². The quantitative estimate of drug-likeness (QED) is 0.902. The topological polar surface area (TPSA) is 86.5 Å². The Bertz CT molecular complexity index is 572. The van der Waals surface area contributed by atoms with Crippen LogP contribution in [0.15, 0.2) is 22.7 Å². The Labute approximate surface area is 109 Å². The lowest BCUT2D eigenvalue weighted by molar-refractivity contribution is 0.102. The number of nitrogens with zero attached hydrogens (tertiary/aromatic N) is 2. The minimum absolute atomic E-state index is 0.0456. The number of nitrogens with one attached hydrogen (secondary N) is 1. The zero-order chi connectivity index (χ0) is 13.8. The van der Waals surface area contributed by atoms with Crippen molar-refractivity contribution in [2.75, 3.05) is 19.5 Å². The van der Waals surface area contributed by atoms with Crippen LogP contribution in [-0.4, -0.2) is 30.3 Å². The number of anilines is 1. The molecular formula is C12H13N3O4. The number of amides is 1. The van der Waals surface area contributed by atoms with E-state index in [2.05, 4.69) is 15.5 Å². The van der Waals surface area contributed by atoms with E-state index in [1.165, 1.54) is 14.2 Å². The van der Waals surface area contributed by atoms with Crippen LogP contribution in [0.4, 0.5) is 6.01 Å². The Balaban J connectivity index is 2.22. The Morgan fingerprint density at radius 1 is 1.21 bits per heavy atom. The molecule has 0 radical (unpaired) electrons. The third-order valence-corrected chi connectivity index (χ3v) is 2.36. The summed E-state index contributed by atoms with van der Waals surface area (Å²) in [6, 6.07) is 4.89. The summed E-state index contributed by atoms with van der Waals surface area (Å²) in [5.41, 5.74) is 0.368. The van der Waals surface area contributed by atoms with Crippen LogP contribution >= 0.6 is 0 Å². The van der Waals surface area contributed by atoms with Gasteiger partial charge in [-0.3, -0.25) is 10.1 Å². The lowest BCUT2D eigenvalue weighted by Crippen LogP contribution is -2.12. The molecule has 0 aliphatic rings. The van der Waals surface area contributed by atoms with Gasteiger partial charge in [0, 0.05) is 11.6 Å². The predicted octanol–water partition coefficient (Wildman–Crippen LogP) is 1.65. The number of methoxy groups -OCH3 is 2. The molecule has 2 aromatic rings. The SMILES string of the molecule is COc1cc(OC)cc(C(=O)Nc2nc(C)no2)c1. The number of rotatable bonds is 4. The third kappa shape index (κ3) is 3.01. The second-order valence-electron chi connectivity index (χ2n) is 3.70. The van der Waals surface area contributed by atoms with E-state index in [0.29, 0.717) is 22.9 Å². The summed E-state index contributed by atoms with van der Waals surface area (Å²) in [6.45, 7) is 1.66. The Morgan fingerprint density at radius 2 is 1.84 bits per heavy atom. The number of ether oxygens (including phenoxy) is 2. The Kier molecular flexibility index (Phi) is 3.65. The fourth-order valence-corrected chi connectivity index (χ4v) is 1.46. The molecule has 0 saturated carbocycles. The zero-order valence-electron chi connectivity index (χ0n) is 10.8. The maximum absolute atomic E-state index is 12.0. The standard InChI is InChI=1S/C12H13N3O4/c1-7-13-12(19-15-7)14-11(16)8-4-9(17-2)6-10(5-8)18-3/h4-6H,1-3H3,(H,13,14,15,16). The molecule has 19 heavy (non-hydrogen) atoms. The van der Waals surface area contributed by atoms with Crippen molar-refractivity contribution in [3.8, 4) is 11.5 Å². The summed E-state index contributed by atoms with van der Waals surface area (Å²) >= 11 is 0. The highest BCUT2D eigenvalue weighted by atomic mass is 16.5. The first-order valence-electron chi connectivity index (χ1n) is 5.47. The Hall–Kier alpha value is -2.57. The molecule has 1 N–H and O–H groups in total. The van der Waals surface area contributed by atoms with Gasteiger partial charge in [-0.15, -0.1) is 0 Å². The van der Waals surface area contributed by atoms with E-state index < -0.39 is 0 Å². The van der Waals surface area contributed by atoms with Crippen LogP contribution < -0.4 is 14.8 Å². The number of aryl methyl sites for hydroxylation is 1. The van der Waals surface area contributed by atoms with Gasteiger partial charge in [0.25, 0.3) is 5.91 Å². The molecule has 1 amide bonds. The second kappa shape index (κ2) is 5.38. The van der Waals surface area contributed by atoms with E-state index in [-0.39, 0.29) is 11.9 Å². The lowest BCUT2D eigenvalue weighted by atomic mass is 10.2. The highest BCUT2D eigenvalue weighted by molar-refractivity contribution is 6.03. The molecule has 0 atom stereocenters. The van der Waals surface area contributed by atoms with Crippen LogP contribution in [0, 0.1) is 6.92 Å². The van der Waals surface area contributed by atoms with E-state index in [1.807, 2.05) is 0 Å². The summed E-state index contributed by atoms with van der Waals surface area (Å²) < 4.78 is 15.0. The molecular weight excluding hydrogens is 250 g/mol. The molecule has 0 fully saturated rings. The van der Waals surface area contributed by atoms with Crippen molar-refractivity contribution in [3.63, 3.8) is 0 Å². The molecule has 0 saturated heterocycles. The number of benzene rings is 1. The van der Waals surface area contributed by atoms with E-state index in [9.17, 15) is 4.79 Å². The second-order valence-corrected chi connectivity index (χ2v) is 3.70. The molecule has 0 aliphatic carbocycles. The minimum Gasteiger partial charge on any atom is -0.497 e. The van der Waals surface area contributed by atoms with Crippen molar-refractivity contribution in [3.05, 3.63) is 29.6 Å². The molecule has 100 valence electrons. The molecule has 1 heterocycles. The predicted molar refractivity (Wildman–Crippen MR) is 66.5 cm³/mol. The van der Waals surface area contributed by atoms with Crippen molar-refractivity contribution in [2.24, 2.45) is 0 Å². The molecule has 0 aliphatic heterocycles. The van der Waals surface area contributed by atoms with Crippen LogP contribution in [0.25, 0.3) is 0 Å². The third-order valence-electron chi connectivity index (χ3n) is 2.36. The van der Waals surface area contributed by atoms with Crippen LogP contribution in [-0.2, 0) is 0 Å². The molecule has 7 nitrogen and oxygen atoms in total. The van der Waals surface area contributed by atoms with Crippen molar-refractivity contribution in [1.29, 1.82) is 0 Å². The van der Waals surface area contributed by atoms with Gasteiger partial charge >= 0.3 is 6.01 Å². The molecule has 1 aromatic heterocycles. The van der Waals surface area contributed by atoms with Gasteiger partial charge in [0.05, 0.1) is 14.2 Å². The van der Waals surface area contributed by atoms with Crippen molar-refractivity contribution < 1.29 is 18.8 Å². The van der Waals surface area contributed by atoms with Gasteiger partial charge in [-0.05, 0) is 19.1 Å². The van der Waals surface area contributed by atoms with Crippen molar-refractivity contribution in [2.45, 2.75) is 6.92 Å². The number of carbonyl (C=O) groups excluding carboxylic acids is 1. The van der Waals surface area contributed by atoms with Gasteiger partial charge in [-0.25, -0.2) is 0 Å². The number of hydrogen-bond donors (Lipinski definition) is 1. The minimum atomic E-state index is -0.388. The molecule has 1 aromatic carbocycles. The van der Waals surface area contributed by atoms with Crippen molar-refractivity contribution >= 4 is 11.9 Å². The van der Waals surface area contributed by atoms with Gasteiger partial charge in [0.2, 0.25) is 0 Å². The average molecular weight is 263 g/mol. The van der Waals surface area contributed by atoms with Crippen LogP contribution in [0.3, 0.4) is 0 Å². The monoisotopic (exact) mass is 263 g/mol. The fourth-order valence-electron chi connectivity index (χ4n) is 1.46. The van der Waals surface area contributed by atoms with Gasteiger partial charge in [-0.1, -0.05) is 5.16 Å². The van der Waals surface area contributed by atoms with E-state index in [4.69, 9.17) is 14.0 Å². The maximum atomic E-state index is 12.0. The summed E-state index contributed by atoms with van der Waals surface area (Å²) in [5.74, 6) is 1.09. The largest absolute Gasteiger partial charge is 0.497 e. The first-order valence-corrected chi connectivity index (χ1v) is 5.47. The highest BCUT2D eigenvalue weighted by Gasteiger charge is 2.13. The number of hydrogen-bond acceptors (Lipinski definition) is 6. The van der Waals surface area contributed by atoms with Crippen molar-refractivity contribution in [1.82, 2.24) is 10.1 Å². The summed E-state index contributed by atoms with van der Waals surface area (Å²) in [4.78, 5) is 15.9. The first-order chi connectivity index (χ1) is 9.12. The van der Waals surface area contributed by atoms with Gasteiger partial charge in [0.15, 0.2) is 5.82 Å². The Morgan fingerprint density at radius 3 is 2.32 bits per heavy atom. The van der Waals surface area contributed by atoms with Crippen LogP contribution in [0.2, 0.25) is 0 Å². The van der Waals surface area contributed by atoms with E-state index >= 15 is 0 Å². The summed E-state index contributed by atoms with van der Waals surface area (Å²) in [5, 5.41) is 6.07.